The van der Waals surface area contributed by atoms with Crippen LogP contribution in [0.2, 0.25) is 5.02 Å². The average molecular weight is 254 g/mol. The van der Waals surface area contributed by atoms with E-state index in [1.807, 2.05) is 0 Å². The molecular formula is C13H16ClNO2. The van der Waals surface area contributed by atoms with Crippen molar-refractivity contribution in [3.05, 3.63) is 28.8 Å². The van der Waals surface area contributed by atoms with Crippen molar-refractivity contribution in [3.8, 4) is 0 Å². The van der Waals surface area contributed by atoms with Gasteiger partial charge >= 0.3 is 5.97 Å². The second-order valence-corrected chi connectivity index (χ2v) is 5.32. The van der Waals surface area contributed by atoms with Crippen LogP contribution in [0.25, 0.3) is 0 Å². The quantitative estimate of drug-likeness (QED) is 0.862. The maximum atomic E-state index is 11.2. The number of nitrogens with one attached hydrogen (secondary N) is 1. The predicted octanol–water partition coefficient (Wildman–Crippen LogP) is 3.78. The molecule has 0 spiro atoms. The van der Waals surface area contributed by atoms with Gasteiger partial charge in [-0.05, 0) is 38.0 Å². The van der Waals surface area contributed by atoms with Crippen LogP contribution >= 0.6 is 11.6 Å². The third-order valence-corrected chi connectivity index (χ3v) is 3.59. The molecule has 1 fully saturated rings. The molecule has 0 aromatic heterocycles. The third kappa shape index (κ3) is 2.72. The van der Waals surface area contributed by atoms with Crippen LogP contribution in [0.15, 0.2) is 18.2 Å². The van der Waals surface area contributed by atoms with Crippen molar-refractivity contribution in [2.24, 2.45) is 0 Å². The van der Waals surface area contributed by atoms with E-state index in [1.165, 1.54) is 18.9 Å². The van der Waals surface area contributed by atoms with E-state index in [0.717, 1.165) is 12.8 Å². The van der Waals surface area contributed by atoms with Gasteiger partial charge in [0.1, 0.15) is 0 Å². The van der Waals surface area contributed by atoms with E-state index in [2.05, 4.69) is 12.2 Å². The molecule has 0 atom stereocenters. The Labute approximate surface area is 106 Å². The molecule has 17 heavy (non-hydrogen) atoms. The highest BCUT2D eigenvalue weighted by molar-refractivity contribution is 6.31. The number of anilines is 1. The molecule has 2 N–H and O–H groups in total. The van der Waals surface area contributed by atoms with Crippen LogP contribution in [0, 0.1) is 0 Å². The zero-order valence-electron chi connectivity index (χ0n) is 9.79. The van der Waals surface area contributed by atoms with Crippen molar-refractivity contribution in [2.75, 3.05) is 5.32 Å². The Bertz CT molecular complexity index is 439. The summed E-state index contributed by atoms with van der Waals surface area (Å²) in [5.74, 6) is -0.948. The van der Waals surface area contributed by atoms with Crippen LogP contribution in [0.4, 0.5) is 5.69 Å². The summed E-state index contributed by atoms with van der Waals surface area (Å²) in [5.41, 5.74) is 0.912. The molecule has 0 heterocycles. The lowest BCUT2D eigenvalue weighted by molar-refractivity contribution is 0.0698. The Morgan fingerprint density at radius 3 is 2.65 bits per heavy atom. The smallest absolute Gasteiger partial charge is 0.337 e. The summed E-state index contributed by atoms with van der Waals surface area (Å²) >= 11 is 5.82. The summed E-state index contributed by atoms with van der Waals surface area (Å²) in [4.78, 5) is 11.2. The molecule has 1 saturated carbocycles. The third-order valence-electron chi connectivity index (χ3n) is 3.36. The largest absolute Gasteiger partial charge is 0.478 e. The molecule has 1 aromatic carbocycles. The van der Waals surface area contributed by atoms with Gasteiger partial charge in [0.25, 0.3) is 0 Å². The summed E-state index contributed by atoms with van der Waals surface area (Å²) in [6, 6.07) is 4.95. The molecule has 0 aliphatic heterocycles. The fourth-order valence-electron chi connectivity index (χ4n) is 2.41. The van der Waals surface area contributed by atoms with Gasteiger partial charge in [-0.15, -0.1) is 0 Å². The minimum absolute atomic E-state index is 0.0119. The molecule has 4 heteroatoms. The molecule has 0 unspecified atom stereocenters. The predicted molar refractivity (Wildman–Crippen MR) is 68.9 cm³/mol. The highest BCUT2D eigenvalue weighted by atomic mass is 35.5. The molecule has 1 aliphatic carbocycles. The van der Waals surface area contributed by atoms with E-state index in [-0.39, 0.29) is 11.1 Å². The van der Waals surface area contributed by atoms with E-state index < -0.39 is 5.97 Å². The second-order valence-electron chi connectivity index (χ2n) is 4.89. The van der Waals surface area contributed by atoms with Crippen LogP contribution in [-0.4, -0.2) is 16.6 Å². The number of hydrogen-bond donors (Lipinski definition) is 2. The van der Waals surface area contributed by atoms with Gasteiger partial charge in [0.2, 0.25) is 0 Å². The molecule has 2 rings (SSSR count). The topological polar surface area (TPSA) is 49.3 Å². The van der Waals surface area contributed by atoms with E-state index in [9.17, 15) is 4.79 Å². The van der Waals surface area contributed by atoms with E-state index >= 15 is 0 Å². The van der Waals surface area contributed by atoms with Crippen molar-refractivity contribution in [1.82, 2.24) is 0 Å². The Kier molecular flexibility index (Phi) is 3.29. The van der Waals surface area contributed by atoms with E-state index in [4.69, 9.17) is 16.7 Å². The van der Waals surface area contributed by atoms with Gasteiger partial charge in [0, 0.05) is 16.2 Å². The van der Waals surface area contributed by atoms with Crippen LogP contribution < -0.4 is 5.32 Å². The summed E-state index contributed by atoms with van der Waals surface area (Å²) in [6.45, 7) is 2.14. The first-order valence-corrected chi connectivity index (χ1v) is 6.19. The fourth-order valence-corrected chi connectivity index (χ4v) is 2.58. The van der Waals surface area contributed by atoms with Crippen LogP contribution in [0.1, 0.15) is 43.0 Å². The molecule has 0 saturated heterocycles. The van der Waals surface area contributed by atoms with Gasteiger partial charge in [0.05, 0.1) is 5.56 Å². The minimum atomic E-state index is -0.948. The molecule has 0 bridgehead atoms. The summed E-state index contributed by atoms with van der Waals surface area (Å²) in [7, 11) is 0. The van der Waals surface area contributed by atoms with Gasteiger partial charge < -0.3 is 10.4 Å². The summed E-state index contributed by atoms with van der Waals surface area (Å²) < 4.78 is 0. The highest BCUT2D eigenvalue weighted by Gasteiger charge is 2.29. The number of carbonyl (C=O) groups is 1. The molecule has 1 aromatic rings. The van der Waals surface area contributed by atoms with Crippen molar-refractivity contribution in [1.29, 1.82) is 0 Å². The number of benzene rings is 1. The van der Waals surface area contributed by atoms with Gasteiger partial charge in [0.15, 0.2) is 0 Å². The Balaban J connectivity index is 2.28. The maximum absolute atomic E-state index is 11.2. The summed E-state index contributed by atoms with van der Waals surface area (Å²) in [5, 5.41) is 13.0. The molecular weight excluding hydrogens is 238 g/mol. The van der Waals surface area contributed by atoms with Gasteiger partial charge in [-0.25, -0.2) is 4.79 Å². The Morgan fingerprint density at radius 2 is 2.06 bits per heavy atom. The number of halogens is 1. The van der Waals surface area contributed by atoms with Crippen LogP contribution in [-0.2, 0) is 0 Å². The Morgan fingerprint density at radius 1 is 1.41 bits per heavy atom. The van der Waals surface area contributed by atoms with Gasteiger partial charge in [-0.1, -0.05) is 24.4 Å². The number of hydrogen-bond acceptors (Lipinski definition) is 2. The SMILES string of the molecule is CC1(Nc2ccc(Cl)cc2C(=O)O)CCCC1. The van der Waals surface area contributed by atoms with E-state index in [0.29, 0.717) is 10.7 Å². The van der Waals surface area contributed by atoms with Crippen molar-refractivity contribution in [2.45, 2.75) is 38.1 Å². The molecule has 0 amide bonds. The second kappa shape index (κ2) is 4.57. The first kappa shape index (κ1) is 12.2. The zero-order chi connectivity index (χ0) is 12.5. The number of rotatable bonds is 3. The lowest BCUT2D eigenvalue weighted by Crippen LogP contribution is -2.31. The first-order valence-electron chi connectivity index (χ1n) is 5.81. The number of carboxylic acid groups (broad SMARTS) is 1. The molecule has 1 aliphatic rings. The average Bonchev–Trinajstić information content (AvgIpc) is 2.67. The van der Waals surface area contributed by atoms with Crippen molar-refractivity contribution < 1.29 is 9.90 Å². The monoisotopic (exact) mass is 253 g/mol. The standard InChI is InChI=1S/C13H16ClNO2/c1-13(6-2-3-7-13)15-11-5-4-9(14)8-10(11)12(16)17/h4-5,8,15H,2-3,6-7H2,1H3,(H,16,17). The lowest BCUT2D eigenvalue weighted by atomic mass is 9.99. The molecule has 3 nitrogen and oxygen atoms in total. The Hall–Kier alpha value is -1.22. The zero-order valence-corrected chi connectivity index (χ0v) is 10.5. The van der Waals surface area contributed by atoms with Crippen molar-refractivity contribution >= 4 is 23.3 Å². The maximum Gasteiger partial charge on any atom is 0.337 e. The normalized spacial score (nSPS) is 18.0. The summed E-state index contributed by atoms with van der Waals surface area (Å²) in [6.07, 6.45) is 4.54. The van der Waals surface area contributed by atoms with E-state index in [1.54, 1.807) is 12.1 Å². The first-order chi connectivity index (χ1) is 8.00. The molecule has 92 valence electrons. The number of aromatic carboxylic acids is 1. The van der Waals surface area contributed by atoms with Crippen LogP contribution in [0.3, 0.4) is 0 Å². The minimum Gasteiger partial charge on any atom is -0.478 e. The van der Waals surface area contributed by atoms with Crippen LogP contribution in [0.5, 0.6) is 0 Å². The fraction of sp³-hybridized carbons (Fsp3) is 0.462. The van der Waals surface area contributed by atoms with Gasteiger partial charge in [-0.2, -0.15) is 0 Å². The van der Waals surface area contributed by atoms with Gasteiger partial charge in [-0.3, -0.25) is 0 Å². The number of carboxylic acids is 1. The highest BCUT2D eigenvalue weighted by Crippen LogP contribution is 2.34. The van der Waals surface area contributed by atoms with Crippen molar-refractivity contribution in [3.63, 3.8) is 0 Å². The molecule has 0 radical (unpaired) electrons. The lowest BCUT2D eigenvalue weighted by Gasteiger charge is -2.27.